The zero-order valence-corrected chi connectivity index (χ0v) is 4.61. The summed E-state index contributed by atoms with van der Waals surface area (Å²) >= 11 is 0. The Morgan fingerprint density at radius 3 is 3.00 bits per heavy atom. The van der Waals surface area contributed by atoms with Crippen molar-refractivity contribution in [3.8, 4) is 0 Å². The Kier molecular flexibility index (Phi) is 1.65. The molecule has 0 aromatic carbocycles. The van der Waals surface area contributed by atoms with Gasteiger partial charge in [-0.25, -0.2) is 5.48 Å². The van der Waals surface area contributed by atoms with Crippen LogP contribution < -0.4 is 5.48 Å². The van der Waals surface area contributed by atoms with Crippen molar-refractivity contribution in [2.75, 3.05) is 13.2 Å². The molecule has 1 aliphatic rings. The monoisotopic (exact) mass is 101 g/mol. The van der Waals surface area contributed by atoms with E-state index in [-0.39, 0.29) is 0 Å². The van der Waals surface area contributed by atoms with Gasteiger partial charge in [-0.15, -0.1) is 0 Å². The van der Waals surface area contributed by atoms with Crippen LogP contribution in [0.3, 0.4) is 0 Å². The molecule has 0 amide bonds. The molecular weight excluding hydrogens is 90.1 g/mol. The zero-order valence-electron chi connectivity index (χ0n) is 4.61. The Morgan fingerprint density at radius 2 is 2.71 bits per heavy atom. The van der Waals surface area contributed by atoms with Crippen LogP contribution >= 0.6 is 0 Å². The quantitative estimate of drug-likeness (QED) is 0.520. The smallest absolute Gasteiger partial charge is 0.0723 e. The van der Waals surface area contributed by atoms with E-state index in [1.165, 1.54) is 6.42 Å². The first kappa shape index (κ1) is 5.06. The number of hydrogen-bond donors (Lipinski definition) is 1. The third kappa shape index (κ3) is 1.14. The van der Waals surface area contributed by atoms with Gasteiger partial charge in [-0.05, 0) is 12.3 Å². The summed E-state index contributed by atoms with van der Waals surface area (Å²) in [5.74, 6) is 0.764. The summed E-state index contributed by atoms with van der Waals surface area (Å²) < 4.78 is 0. The average molecular weight is 101 g/mol. The molecular formula is C5H11NO. The molecule has 1 heterocycles. The van der Waals surface area contributed by atoms with E-state index in [0.29, 0.717) is 0 Å². The van der Waals surface area contributed by atoms with Crippen molar-refractivity contribution in [1.82, 2.24) is 5.48 Å². The summed E-state index contributed by atoms with van der Waals surface area (Å²) in [5, 5.41) is 0. The molecule has 1 N–H and O–H groups in total. The van der Waals surface area contributed by atoms with E-state index in [1.807, 2.05) is 0 Å². The molecule has 0 radical (unpaired) electrons. The van der Waals surface area contributed by atoms with Crippen LogP contribution in [0.4, 0.5) is 0 Å². The predicted octanol–water partition coefficient (Wildman–Crippen LogP) is 0.547. The van der Waals surface area contributed by atoms with E-state index in [9.17, 15) is 0 Å². The van der Waals surface area contributed by atoms with Gasteiger partial charge in [-0.1, -0.05) is 6.92 Å². The molecule has 2 nitrogen and oxygen atoms in total. The molecule has 0 bridgehead atoms. The molecule has 0 aromatic rings. The molecule has 0 aliphatic carbocycles. The van der Waals surface area contributed by atoms with E-state index in [0.717, 1.165) is 19.1 Å². The summed E-state index contributed by atoms with van der Waals surface area (Å²) in [5.41, 5.74) is 2.82. The molecule has 1 unspecified atom stereocenters. The summed E-state index contributed by atoms with van der Waals surface area (Å²) in [6, 6.07) is 0. The minimum Gasteiger partial charge on any atom is -0.301 e. The maximum Gasteiger partial charge on any atom is 0.0723 e. The van der Waals surface area contributed by atoms with Crippen molar-refractivity contribution in [3.05, 3.63) is 0 Å². The topological polar surface area (TPSA) is 21.3 Å². The molecule has 7 heavy (non-hydrogen) atoms. The first-order valence-electron chi connectivity index (χ1n) is 2.78. The van der Waals surface area contributed by atoms with Gasteiger partial charge in [0.05, 0.1) is 6.61 Å². The van der Waals surface area contributed by atoms with E-state index in [1.54, 1.807) is 0 Å². The van der Waals surface area contributed by atoms with Crippen LogP contribution in [0, 0.1) is 5.92 Å². The summed E-state index contributed by atoms with van der Waals surface area (Å²) in [6.07, 6.45) is 1.23. The summed E-state index contributed by atoms with van der Waals surface area (Å²) in [6.45, 7) is 4.12. The van der Waals surface area contributed by atoms with Gasteiger partial charge >= 0.3 is 0 Å². The van der Waals surface area contributed by atoms with Gasteiger partial charge in [0.25, 0.3) is 0 Å². The fourth-order valence-electron chi connectivity index (χ4n) is 0.675. The molecule has 1 atom stereocenters. The highest BCUT2D eigenvalue weighted by molar-refractivity contribution is 4.59. The molecule has 1 fully saturated rings. The van der Waals surface area contributed by atoms with Crippen molar-refractivity contribution >= 4 is 0 Å². The molecule has 0 aromatic heterocycles. The minimum atomic E-state index is 0.764. The molecule has 0 spiro atoms. The van der Waals surface area contributed by atoms with Gasteiger partial charge in [0.1, 0.15) is 0 Å². The van der Waals surface area contributed by atoms with Gasteiger partial charge in [0, 0.05) is 6.54 Å². The lowest BCUT2D eigenvalue weighted by atomic mass is 10.1. The Morgan fingerprint density at radius 1 is 1.86 bits per heavy atom. The molecule has 2 heteroatoms. The zero-order chi connectivity index (χ0) is 5.11. The van der Waals surface area contributed by atoms with Crippen LogP contribution in [0.2, 0.25) is 0 Å². The van der Waals surface area contributed by atoms with Crippen LogP contribution in [0.15, 0.2) is 0 Å². The Bertz CT molecular complexity index is 50.0. The lowest BCUT2D eigenvalue weighted by Crippen LogP contribution is -2.06. The maximum atomic E-state index is 4.90. The Labute approximate surface area is 43.8 Å². The minimum absolute atomic E-state index is 0.764. The van der Waals surface area contributed by atoms with Crippen LogP contribution in [0.5, 0.6) is 0 Å². The predicted molar refractivity (Wildman–Crippen MR) is 27.7 cm³/mol. The first-order valence-corrected chi connectivity index (χ1v) is 2.78. The maximum absolute atomic E-state index is 4.90. The van der Waals surface area contributed by atoms with Crippen LogP contribution in [-0.4, -0.2) is 13.2 Å². The second kappa shape index (κ2) is 2.28. The van der Waals surface area contributed by atoms with E-state index < -0.39 is 0 Å². The van der Waals surface area contributed by atoms with Crippen LogP contribution in [0.1, 0.15) is 13.3 Å². The third-order valence-corrected chi connectivity index (χ3v) is 1.37. The van der Waals surface area contributed by atoms with Gasteiger partial charge in [-0.3, -0.25) is 0 Å². The molecule has 42 valence electrons. The Hall–Kier alpha value is -0.0800. The summed E-state index contributed by atoms with van der Waals surface area (Å²) in [7, 11) is 0. The number of nitrogens with one attached hydrogen (secondary N) is 1. The lowest BCUT2D eigenvalue weighted by Gasteiger charge is -1.95. The third-order valence-electron chi connectivity index (χ3n) is 1.37. The standard InChI is InChI=1S/C5H11NO/c1-2-5-3-6-7-4-5/h5-6H,2-4H2,1H3. The van der Waals surface area contributed by atoms with E-state index >= 15 is 0 Å². The largest absolute Gasteiger partial charge is 0.301 e. The van der Waals surface area contributed by atoms with Crippen molar-refractivity contribution < 1.29 is 4.84 Å². The molecule has 1 aliphatic heterocycles. The summed E-state index contributed by atoms with van der Waals surface area (Å²) in [4.78, 5) is 4.90. The number of hydrogen-bond acceptors (Lipinski definition) is 2. The highest BCUT2D eigenvalue weighted by Crippen LogP contribution is 2.04. The van der Waals surface area contributed by atoms with E-state index in [2.05, 4.69) is 12.4 Å². The highest BCUT2D eigenvalue weighted by atomic mass is 16.7. The fourth-order valence-corrected chi connectivity index (χ4v) is 0.675. The normalized spacial score (nSPS) is 31.3. The second-order valence-electron chi connectivity index (χ2n) is 1.93. The average Bonchev–Trinajstić information content (AvgIpc) is 2.14. The number of hydroxylamine groups is 1. The van der Waals surface area contributed by atoms with Gasteiger partial charge in [0.15, 0.2) is 0 Å². The van der Waals surface area contributed by atoms with Crippen molar-refractivity contribution in [3.63, 3.8) is 0 Å². The van der Waals surface area contributed by atoms with Crippen molar-refractivity contribution in [2.45, 2.75) is 13.3 Å². The molecule has 1 rings (SSSR count). The van der Waals surface area contributed by atoms with Gasteiger partial charge in [0.2, 0.25) is 0 Å². The fraction of sp³-hybridized carbons (Fsp3) is 1.00. The lowest BCUT2D eigenvalue weighted by molar-refractivity contribution is 0.0969. The van der Waals surface area contributed by atoms with Gasteiger partial charge < -0.3 is 4.84 Å². The van der Waals surface area contributed by atoms with Crippen LogP contribution in [0.25, 0.3) is 0 Å². The van der Waals surface area contributed by atoms with Gasteiger partial charge in [-0.2, -0.15) is 0 Å². The first-order chi connectivity index (χ1) is 3.43. The number of rotatable bonds is 1. The van der Waals surface area contributed by atoms with Crippen molar-refractivity contribution in [2.24, 2.45) is 5.92 Å². The van der Waals surface area contributed by atoms with Crippen LogP contribution in [-0.2, 0) is 4.84 Å². The Balaban J connectivity index is 2.14. The second-order valence-corrected chi connectivity index (χ2v) is 1.93. The highest BCUT2D eigenvalue weighted by Gasteiger charge is 2.11. The molecule has 1 saturated heterocycles. The van der Waals surface area contributed by atoms with E-state index in [4.69, 9.17) is 4.84 Å². The SMILES string of the molecule is CCC1CNOC1. The molecule has 0 saturated carbocycles. The van der Waals surface area contributed by atoms with Crippen molar-refractivity contribution in [1.29, 1.82) is 0 Å².